The largest absolute Gasteiger partial charge is 0.478 e. The second-order valence-corrected chi connectivity index (χ2v) is 7.05. The number of nitrogens with zero attached hydrogens (tertiary/aromatic N) is 3. The van der Waals surface area contributed by atoms with Gasteiger partial charge in [0, 0.05) is 35.4 Å². The van der Waals surface area contributed by atoms with Gasteiger partial charge in [0.1, 0.15) is 5.82 Å². The van der Waals surface area contributed by atoms with Crippen molar-refractivity contribution >= 4 is 29.3 Å². The number of aliphatic carboxylic acids is 1. The lowest BCUT2D eigenvalue weighted by molar-refractivity contribution is -0.130. The van der Waals surface area contributed by atoms with Gasteiger partial charge in [0.05, 0.1) is 11.3 Å². The molecule has 0 aliphatic heterocycles. The zero-order valence-electron chi connectivity index (χ0n) is 17.2. The Kier molecular flexibility index (Phi) is 5.98. The number of aryl methyl sites for hydroxylation is 1. The minimum absolute atomic E-state index is 0.0248. The van der Waals surface area contributed by atoms with Crippen LogP contribution in [0, 0.1) is 12.7 Å². The Morgan fingerprint density at radius 1 is 1.06 bits per heavy atom. The first-order valence-electron chi connectivity index (χ1n) is 9.82. The van der Waals surface area contributed by atoms with Crippen LogP contribution in [-0.2, 0) is 4.79 Å². The minimum Gasteiger partial charge on any atom is -0.478 e. The van der Waals surface area contributed by atoms with Crippen molar-refractivity contribution in [3.63, 3.8) is 0 Å². The van der Waals surface area contributed by atoms with Gasteiger partial charge in [-0.05, 0) is 54.5 Å². The molecule has 0 saturated heterocycles. The molecule has 4 rings (SSSR count). The van der Waals surface area contributed by atoms with Gasteiger partial charge in [-0.2, -0.15) is 0 Å². The van der Waals surface area contributed by atoms with Crippen molar-refractivity contribution in [2.75, 3.05) is 5.32 Å². The summed E-state index contributed by atoms with van der Waals surface area (Å²) < 4.78 is 14.1. The summed E-state index contributed by atoms with van der Waals surface area (Å²) in [6, 6.07) is 16.7. The topological polar surface area (TPSA) is 88.0 Å². The van der Waals surface area contributed by atoms with E-state index >= 15 is 0 Å². The summed E-state index contributed by atoms with van der Waals surface area (Å²) >= 11 is 0. The Hall–Kier alpha value is -4.39. The Morgan fingerprint density at radius 2 is 1.91 bits per heavy atom. The van der Waals surface area contributed by atoms with Crippen LogP contribution in [0.25, 0.3) is 22.9 Å². The predicted molar refractivity (Wildman–Crippen MR) is 122 cm³/mol. The number of carboxylic acid groups (broad SMARTS) is 1. The lowest BCUT2D eigenvalue weighted by Crippen LogP contribution is -2.03. The van der Waals surface area contributed by atoms with E-state index in [1.165, 1.54) is 18.2 Å². The van der Waals surface area contributed by atoms with Crippen molar-refractivity contribution in [1.29, 1.82) is 0 Å². The molecule has 0 spiro atoms. The number of carbonyl (C=O) groups is 1. The molecular formula is C25H19FN4O2. The van der Waals surface area contributed by atoms with Crippen molar-refractivity contribution in [1.82, 2.24) is 15.0 Å². The van der Waals surface area contributed by atoms with Crippen LogP contribution in [0.3, 0.4) is 0 Å². The van der Waals surface area contributed by atoms with Gasteiger partial charge in [0.15, 0.2) is 0 Å². The number of aromatic nitrogens is 3. The summed E-state index contributed by atoms with van der Waals surface area (Å²) in [5, 5.41) is 12.9. The van der Waals surface area contributed by atoms with E-state index in [-0.39, 0.29) is 11.1 Å². The third-order valence-electron chi connectivity index (χ3n) is 4.84. The number of benzene rings is 2. The fourth-order valence-electron chi connectivity index (χ4n) is 3.15. The Balaban J connectivity index is 1.69. The molecule has 6 nitrogen and oxygen atoms in total. The molecule has 7 heteroatoms. The normalized spacial score (nSPS) is 11.2. The zero-order valence-corrected chi connectivity index (χ0v) is 17.2. The monoisotopic (exact) mass is 426 g/mol. The predicted octanol–water partition coefficient (Wildman–Crippen LogP) is 5.35. The summed E-state index contributed by atoms with van der Waals surface area (Å²) in [5.41, 5.74) is 3.68. The van der Waals surface area contributed by atoms with Gasteiger partial charge in [-0.15, -0.1) is 0 Å². The van der Waals surface area contributed by atoms with Gasteiger partial charge in [0.25, 0.3) is 0 Å². The third kappa shape index (κ3) is 4.67. The summed E-state index contributed by atoms with van der Waals surface area (Å²) in [5.74, 6) is -1.28. The maximum atomic E-state index is 14.1. The molecule has 0 fully saturated rings. The summed E-state index contributed by atoms with van der Waals surface area (Å²) in [6.07, 6.45) is 6.36. The van der Waals surface area contributed by atoms with E-state index in [4.69, 9.17) is 0 Å². The van der Waals surface area contributed by atoms with Crippen molar-refractivity contribution < 1.29 is 14.3 Å². The molecule has 32 heavy (non-hydrogen) atoms. The maximum absolute atomic E-state index is 14.1. The molecule has 0 amide bonds. The van der Waals surface area contributed by atoms with Gasteiger partial charge < -0.3 is 10.4 Å². The highest BCUT2D eigenvalue weighted by Crippen LogP contribution is 2.27. The first kappa shape index (κ1) is 20.9. The molecule has 0 unspecified atom stereocenters. The number of nitrogens with one attached hydrogen (secondary N) is 1. The van der Waals surface area contributed by atoms with E-state index in [0.29, 0.717) is 22.9 Å². The van der Waals surface area contributed by atoms with Gasteiger partial charge in [-0.3, -0.25) is 4.98 Å². The van der Waals surface area contributed by atoms with Crippen LogP contribution in [0.15, 0.2) is 79.3 Å². The van der Waals surface area contributed by atoms with Crippen LogP contribution in [0.2, 0.25) is 0 Å². The van der Waals surface area contributed by atoms with Crippen LogP contribution in [0.4, 0.5) is 16.0 Å². The molecule has 2 heterocycles. The fourth-order valence-corrected chi connectivity index (χ4v) is 3.15. The molecule has 2 aromatic heterocycles. The molecule has 0 saturated carbocycles. The van der Waals surface area contributed by atoms with Gasteiger partial charge in [-0.1, -0.05) is 30.3 Å². The maximum Gasteiger partial charge on any atom is 0.336 e. The van der Waals surface area contributed by atoms with Gasteiger partial charge in [-0.25, -0.2) is 19.2 Å². The summed E-state index contributed by atoms with van der Waals surface area (Å²) in [4.78, 5) is 24.8. The van der Waals surface area contributed by atoms with Crippen LogP contribution in [0.5, 0.6) is 0 Å². The quantitative estimate of drug-likeness (QED) is 0.319. The van der Waals surface area contributed by atoms with E-state index in [1.807, 2.05) is 19.1 Å². The number of hydrogen-bond donors (Lipinski definition) is 2. The summed E-state index contributed by atoms with van der Waals surface area (Å²) in [6.45, 7) is 1.89. The molecule has 2 aromatic carbocycles. The highest BCUT2D eigenvalue weighted by molar-refractivity contribution is 6.20. The zero-order chi connectivity index (χ0) is 22.5. The molecule has 0 aliphatic carbocycles. The van der Waals surface area contributed by atoms with Crippen molar-refractivity contribution in [2.45, 2.75) is 6.92 Å². The number of pyridine rings is 1. The van der Waals surface area contributed by atoms with E-state index < -0.39 is 11.8 Å². The molecular weight excluding hydrogens is 407 g/mol. The molecule has 158 valence electrons. The smallest absolute Gasteiger partial charge is 0.336 e. The van der Waals surface area contributed by atoms with Crippen LogP contribution >= 0.6 is 0 Å². The number of hydrogen-bond acceptors (Lipinski definition) is 5. The van der Waals surface area contributed by atoms with E-state index in [1.54, 1.807) is 55.0 Å². The lowest BCUT2D eigenvalue weighted by Gasteiger charge is -2.12. The number of rotatable bonds is 6. The highest BCUT2D eigenvalue weighted by Gasteiger charge is 2.14. The second-order valence-electron chi connectivity index (χ2n) is 7.05. The average molecular weight is 426 g/mol. The van der Waals surface area contributed by atoms with Gasteiger partial charge in [0.2, 0.25) is 5.95 Å². The average Bonchev–Trinajstić information content (AvgIpc) is 2.81. The van der Waals surface area contributed by atoms with Crippen molar-refractivity contribution in [3.05, 3.63) is 102 Å². The highest BCUT2D eigenvalue weighted by atomic mass is 19.1. The Morgan fingerprint density at radius 3 is 2.66 bits per heavy atom. The first-order chi connectivity index (χ1) is 15.5. The third-order valence-corrected chi connectivity index (χ3v) is 4.84. The van der Waals surface area contributed by atoms with E-state index in [0.717, 1.165) is 11.1 Å². The molecule has 0 radical (unpaired) electrons. The molecule has 0 bridgehead atoms. The fraction of sp³-hybridized carbons (Fsp3) is 0.0400. The molecule has 0 aliphatic rings. The number of anilines is 2. The van der Waals surface area contributed by atoms with Gasteiger partial charge >= 0.3 is 5.97 Å². The lowest BCUT2D eigenvalue weighted by atomic mass is 10.00. The Labute approximate surface area is 184 Å². The second kappa shape index (κ2) is 9.18. The number of halogens is 1. The van der Waals surface area contributed by atoms with E-state index in [2.05, 4.69) is 20.3 Å². The Bertz CT molecular complexity index is 1310. The standard InChI is InChI=1S/C25H19FN4O2/c1-16-8-9-17(20(24(31)32)13-18-5-2-3-7-21(18)26)14-23(16)30-25-28-12-10-22(29-25)19-6-4-11-27-15-19/h2-15H,1H3,(H,31,32)(H,28,29,30)/b20-13+. The number of carboxylic acids is 1. The molecule has 4 aromatic rings. The SMILES string of the molecule is Cc1ccc(/C(=C\c2ccccc2F)C(=O)O)cc1Nc1nccc(-c2cccnc2)n1. The summed E-state index contributed by atoms with van der Waals surface area (Å²) in [7, 11) is 0. The van der Waals surface area contributed by atoms with Crippen LogP contribution < -0.4 is 5.32 Å². The van der Waals surface area contributed by atoms with Crippen LogP contribution in [-0.4, -0.2) is 26.0 Å². The first-order valence-corrected chi connectivity index (χ1v) is 9.82. The van der Waals surface area contributed by atoms with Crippen molar-refractivity contribution in [3.8, 4) is 11.3 Å². The van der Waals surface area contributed by atoms with E-state index in [9.17, 15) is 14.3 Å². The minimum atomic E-state index is -1.15. The van der Waals surface area contributed by atoms with Crippen molar-refractivity contribution in [2.24, 2.45) is 0 Å². The molecule has 0 atom stereocenters. The van der Waals surface area contributed by atoms with Crippen LogP contribution in [0.1, 0.15) is 16.7 Å². The molecule has 2 N–H and O–H groups in total.